The lowest BCUT2D eigenvalue weighted by Crippen LogP contribution is -2.19. The van der Waals surface area contributed by atoms with Crippen molar-refractivity contribution < 1.29 is 13.9 Å². The van der Waals surface area contributed by atoms with Crippen molar-refractivity contribution in [2.75, 3.05) is 23.5 Å². The van der Waals surface area contributed by atoms with E-state index in [4.69, 9.17) is 9.72 Å². The van der Waals surface area contributed by atoms with Gasteiger partial charge in [0.25, 0.3) is 5.56 Å². The summed E-state index contributed by atoms with van der Waals surface area (Å²) in [7, 11) is 1.56. The van der Waals surface area contributed by atoms with Gasteiger partial charge in [-0.05, 0) is 72.5 Å². The van der Waals surface area contributed by atoms with Crippen LogP contribution in [0.5, 0.6) is 5.75 Å². The van der Waals surface area contributed by atoms with Crippen LogP contribution in [0, 0.1) is 5.82 Å². The van der Waals surface area contributed by atoms with Gasteiger partial charge in [-0.1, -0.05) is 85.3 Å². The maximum Gasteiger partial charge on any atom is 0.302 e. The van der Waals surface area contributed by atoms with Crippen LogP contribution in [0.15, 0.2) is 115 Å². The molecule has 0 aliphatic rings. The van der Waals surface area contributed by atoms with Gasteiger partial charge in [0, 0.05) is 33.6 Å². The van der Waals surface area contributed by atoms with Crippen molar-refractivity contribution in [3.8, 4) is 17.0 Å². The summed E-state index contributed by atoms with van der Waals surface area (Å²) in [4.78, 5) is 48.6. The first-order valence-electron chi connectivity index (χ1n) is 18.1. The second-order valence-electron chi connectivity index (χ2n) is 12.6. The van der Waals surface area contributed by atoms with Crippen molar-refractivity contribution in [2.24, 2.45) is 0 Å². The molecule has 0 saturated heterocycles. The molecule has 0 aliphatic carbocycles. The Morgan fingerprint density at radius 1 is 0.871 bits per heavy atom. The molecule has 0 saturated carbocycles. The van der Waals surface area contributed by atoms with Gasteiger partial charge in [-0.2, -0.15) is 14.1 Å². The van der Waals surface area contributed by atoms with Gasteiger partial charge >= 0.3 is 5.56 Å². The molecule has 0 fully saturated rings. The number of halogens is 1. The Labute approximate surface area is 377 Å². The molecule has 62 heavy (non-hydrogen) atoms. The summed E-state index contributed by atoms with van der Waals surface area (Å²) in [5.74, 6) is 0.353. The predicted octanol–water partition coefficient (Wildman–Crippen LogP) is 9.49. The lowest BCUT2D eigenvalue weighted by Gasteiger charge is -2.07. The number of thiazole rings is 1. The number of para-hydroxylation sites is 1. The number of methoxy groups -OCH3 is 1. The van der Waals surface area contributed by atoms with Gasteiger partial charge in [0.1, 0.15) is 16.6 Å². The first kappa shape index (κ1) is 44.2. The van der Waals surface area contributed by atoms with Gasteiger partial charge in [0.15, 0.2) is 14.4 Å². The van der Waals surface area contributed by atoms with Crippen molar-refractivity contribution in [1.82, 2.24) is 39.4 Å². The van der Waals surface area contributed by atoms with Gasteiger partial charge < -0.3 is 15.4 Å². The van der Waals surface area contributed by atoms with Crippen LogP contribution >= 0.6 is 68.9 Å². The van der Waals surface area contributed by atoms with Crippen LogP contribution in [0.1, 0.15) is 29.9 Å². The Hall–Kier alpha value is -5.84. The first-order chi connectivity index (χ1) is 29.6. The minimum Gasteiger partial charge on any atom is -0.497 e. The number of carbonyl (C=O) groups excluding carboxylic acids is 1. The summed E-state index contributed by atoms with van der Waals surface area (Å²) in [6.07, 6.45) is 0.792. The third-order valence-corrected chi connectivity index (χ3v) is 14.7. The molecule has 21 heteroatoms. The summed E-state index contributed by atoms with van der Waals surface area (Å²) in [6.45, 7) is 6.14. The zero-order chi connectivity index (χ0) is 42.5. The normalized spacial score (nSPS) is 11.0. The average molecular weight is 943 g/mol. The number of hydrogen-bond acceptors (Lipinski definition) is 17. The largest absolute Gasteiger partial charge is 0.497 e. The number of carbonyl (C=O) groups is 1. The highest BCUT2D eigenvalue weighted by Gasteiger charge is 2.16. The van der Waals surface area contributed by atoms with E-state index in [1.807, 2.05) is 36.6 Å². The van der Waals surface area contributed by atoms with E-state index in [1.165, 1.54) is 28.0 Å². The molecule has 14 nitrogen and oxygen atoms in total. The third kappa shape index (κ3) is 10.3. The number of aryl methyl sites for hydroxylation is 1. The van der Waals surface area contributed by atoms with Gasteiger partial charge in [-0.25, -0.2) is 14.4 Å². The van der Waals surface area contributed by atoms with Crippen LogP contribution in [0.2, 0.25) is 0 Å². The van der Waals surface area contributed by atoms with Crippen LogP contribution in [0.4, 0.5) is 15.8 Å². The Morgan fingerprint density at radius 2 is 1.69 bits per heavy atom. The smallest absolute Gasteiger partial charge is 0.302 e. The number of amides is 1. The average Bonchev–Trinajstić information content (AvgIpc) is 4.10. The minimum atomic E-state index is -0.510. The van der Waals surface area contributed by atoms with E-state index in [0.29, 0.717) is 31.3 Å². The zero-order valence-electron chi connectivity index (χ0n) is 32.0. The molecule has 2 N–H and O–H groups in total. The van der Waals surface area contributed by atoms with E-state index in [2.05, 4.69) is 48.7 Å². The fourth-order valence-electron chi connectivity index (χ4n) is 5.54. The summed E-state index contributed by atoms with van der Waals surface area (Å²) >= 11 is 8.61. The highest BCUT2D eigenvalue weighted by atomic mass is 32.2. The number of rotatable bonds is 13. The molecule has 6 aromatic heterocycles. The van der Waals surface area contributed by atoms with Gasteiger partial charge in [0.05, 0.1) is 34.5 Å². The fraction of sp³-hybridized carbons (Fsp3) is 0.146. The van der Waals surface area contributed by atoms with Crippen LogP contribution in [-0.4, -0.2) is 58.2 Å². The monoisotopic (exact) mass is 942 g/mol. The predicted molar refractivity (Wildman–Crippen MR) is 252 cm³/mol. The molecule has 0 aliphatic heterocycles. The molecule has 1 amide bonds. The SMILES string of the molecule is C.C=C(Nc1ccc2nc(SCc3cc(=O)n4nc(CC)sc4n3)sc2c1)c1cccs1.COc1ccc(-c2nnc3sc(SCC(=O)Nc4ccccc4F)nn3c2=O)cc1. The Morgan fingerprint density at radius 3 is 2.45 bits per heavy atom. The summed E-state index contributed by atoms with van der Waals surface area (Å²) in [5, 5.41) is 25.4. The van der Waals surface area contributed by atoms with Crippen LogP contribution in [-0.2, 0) is 17.0 Å². The zero-order valence-corrected chi connectivity index (χ0v) is 36.9. The molecule has 0 bridgehead atoms. The van der Waals surface area contributed by atoms with Crippen molar-refractivity contribution in [3.63, 3.8) is 0 Å². The standard InChI is InChI=1S/C21H17N5OS4.C19H14FN5O3S2.CH4/c1-3-18-25-26-19(27)10-14(23-20(26)31-18)11-29-21-24-15-7-6-13(9-17(15)30-21)22-12(2)16-5-4-8-28-16;1-28-12-8-6-11(7-9-12)16-17(27)25-18(23-22-16)30-19(24-25)29-10-15(26)21-14-5-3-2-4-13(14)20;/h4-10,22H,2-3,11H2,1H3;2-9H,10H2,1H3,(H,21,26);1H4. The maximum absolute atomic E-state index is 13.6. The lowest BCUT2D eigenvalue weighted by atomic mass is 10.1. The molecule has 0 radical (unpaired) electrons. The number of nitrogens with zero attached hydrogens (tertiary/aromatic N) is 8. The Balaban J connectivity index is 0.000000184. The van der Waals surface area contributed by atoms with Crippen molar-refractivity contribution in [2.45, 2.75) is 35.2 Å². The van der Waals surface area contributed by atoms with E-state index >= 15 is 0 Å². The molecule has 3 aromatic carbocycles. The molecule has 9 rings (SSSR count). The van der Waals surface area contributed by atoms with Crippen LogP contribution in [0.25, 0.3) is 37.1 Å². The number of fused-ring (bicyclic) bond motifs is 3. The van der Waals surface area contributed by atoms with Crippen molar-refractivity contribution in [1.29, 1.82) is 0 Å². The second-order valence-corrected chi connectivity index (χ2v) is 19.0. The van der Waals surface area contributed by atoms with Crippen LogP contribution in [0.3, 0.4) is 0 Å². The number of hydrogen-bond donors (Lipinski definition) is 2. The van der Waals surface area contributed by atoms with Gasteiger partial charge in [-0.3, -0.25) is 14.4 Å². The molecule has 0 unspecified atom stereocenters. The maximum atomic E-state index is 13.6. The number of thiophene rings is 1. The highest BCUT2D eigenvalue weighted by molar-refractivity contribution is 8.01. The quantitative estimate of drug-likeness (QED) is 0.105. The number of anilines is 2. The van der Waals surface area contributed by atoms with E-state index in [9.17, 15) is 18.8 Å². The number of ether oxygens (including phenoxy) is 1. The van der Waals surface area contributed by atoms with E-state index in [1.54, 1.807) is 84.0 Å². The topological polar surface area (TPSA) is 171 Å². The van der Waals surface area contributed by atoms with E-state index in [0.717, 1.165) is 75.6 Å². The number of nitrogens with one attached hydrogen (secondary N) is 2. The number of thioether (sulfide) groups is 2. The third-order valence-electron chi connectivity index (χ3n) is 8.48. The minimum absolute atomic E-state index is 0. The molecule has 316 valence electrons. The summed E-state index contributed by atoms with van der Waals surface area (Å²) < 4.78 is 23.8. The lowest BCUT2D eigenvalue weighted by molar-refractivity contribution is -0.113. The Bertz CT molecular complexity index is 3140. The molecule has 0 atom stereocenters. The summed E-state index contributed by atoms with van der Waals surface area (Å²) in [5.41, 5.74) is 3.89. The van der Waals surface area contributed by atoms with E-state index in [-0.39, 0.29) is 36.0 Å². The fourth-order valence-corrected chi connectivity index (χ4v) is 10.7. The molecule has 9 aromatic rings. The molecular formula is C41H35FN10O4S6. The van der Waals surface area contributed by atoms with Crippen molar-refractivity contribution in [3.05, 3.63) is 139 Å². The molecular weight excluding hydrogens is 908 g/mol. The molecule has 0 spiro atoms. The number of benzene rings is 3. The van der Waals surface area contributed by atoms with Crippen LogP contribution < -0.4 is 26.5 Å². The highest BCUT2D eigenvalue weighted by Crippen LogP contribution is 2.34. The van der Waals surface area contributed by atoms with Gasteiger partial charge in [0.2, 0.25) is 15.8 Å². The first-order valence-corrected chi connectivity index (χ1v) is 23.4. The van der Waals surface area contributed by atoms with Gasteiger partial charge in [-0.15, -0.1) is 38.0 Å². The second kappa shape index (κ2) is 19.9. The molecule has 6 heterocycles. The van der Waals surface area contributed by atoms with E-state index < -0.39 is 11.4 Å². The number of aromatic nitrogens is 8. The van der Waals surface area contributed by atoms with Crippen molar-refractivity contribution >= 4 is 112 Å². The Kier molecular flexibility index (Phi) is 14.2. The summed E-state index contributed by atoms with van der Waals surface area (Å²) in [6, 6.07) is 24.5.